The summed E-state index contributed by atoms with van der Waals surface area (Å²) in [5.41, 5.74) is 6.49. The molecule has 0 saturated carbocycles. The van der Waals surface area contributed by atoms with Crippen molar-refractivity contribution in [3.63, 3.8) is 0 Å². The Bertz CT molecular complexity index is 2880. The van der Waals surface area contributed by atoms with E-state index in [0.717, 1.165) is 11.4 Å². The monoisotopic (exact) mass is 862 g/mol. The van der Waals surface area contributed by atoms with Crippen molar-refractivity contribution in [1.82, 2.24) is 0 Å². The molecule has 0 bridgehead atoms. The third-order valence-corrected chi connectivity index (χ3v) is 12.6. The van der Waals surface area contributed by atoms with Gasteiger partial charge in [0, 0.05) is 35.3 Å². The van der Waals surface area contributed by atoms with Crippen molar-refractivity contribution in [1.29, 1.82) is 10.5 Å². The van der Waals surface area contributed by atoms with Gasteiger partial charge in [-0.1, -0.05) is 87.8 Å². The number of hydrogen-bond donors (Lipinski definition) is 0. The van der Waals surface area contributed by atoms with E-state index in [9.17, 15) is 10.5 Å². The van der Waals surface area contributed by atoms with Crippen LogP contribution in [0.1, 0.15) is 72.9 Å². The van der Waals surface area contributed by atoms with Gasteiger partial charge in [0.1, 0.15) is 69.3 Å². The molecule has 2 atom stereocenters. The predicted molar refractivity (Wildman–Crippen MR) is 260 cm³/mol. The number of anilines is 2. The van der Waals surface area contributed by atoms with E-state index in [1.165, 1.54) is 22.3 Å². The minimum atomic E-state index is -0.258. The number of fused-ring (bicyclic) bond motifs is 5. The van der Waals surface area contributed by atoms with Crippen molar-refractivity contribution in [2.24, 2.45) is 0 Å². The summed E-state index contributed by atoms with van der Waals surface area (Å²) in [6, 6.07) is 42.6. The Morgan fingerprint density at radius 3 is 1.09 bits per heavy atom. The van der Waals surface area contributed by atoms with Gasteiger partial charge in [-0.25, -0.2) is 0 Å². The molecule has 0 N–H and O–H groups in total. The number of nitrogens with zero attached hydrogens (tertiary/aromatic N) is 4. The number of rotatable bonds is 14. The maximum absolute atomic E-state index is 10.4. The first-order valence-electron chi connectivity index (χ1n) is 21.5. The lowest BCUT2D eigenvalue weighted by Crippen LogP contribution is -2.25. The number of nitriles is 2. The third-order valence-electron chi connectivity index (χ3n) is 12.6. The zero-order valence-electron chi connectivity index (χ0n) is 37.3. The van der Waals surface area contributed by atoms with Crippen molar-refractivity contribution < 1.29 is 18.9 Å². The van der Waals surface area contributed by atoms with Crippen LogP contribution >= 0.6 is 0 Å². The Labute approximate surface area is 387 Å². The summed E-state index contributed by atoms with van der Waals surface area (Å²) in [4.78, 5) is 3.77. The summed E-state index contributed by atoms with van der Waals surface area (Å²) in [6.45, 7) is 10.5. The second-order valence-corrected chi connectivity index (χ2v) is 17.3. The lowest BCUT2D eigenvalue weighted by Gasteiger charge is -2.31. The highest BCUT2D eigenvalue weighted by molar-refractivity contribution is 5.64. The van der Waals surface area contributed by atoms with Gasteiger partial charge in [-0.2, -0.15) is 10.5 Å². The van der Waals surface area contributed by atoms with Crippen LogP contribution in [0.15, 0.2) is 121 Å². The summed E-state index contributed by atoms with van der Waals surface area (Å²) < 4.78 is 25.7. The van der Waals surface area contributed by atoms with Crippen molar-refractivity contribution in [2.75, 3.05) is 36.0 Å². The molecule has 0 radical (unpaired) electrons. The number of benzene rings is 6. The van der Waals surface area contributed by atoms with Gasteiger partial charge in [0.15, 0.2) is 0 Å². The third kappa shape index (κ3) is 8.18. The average molecular weight is 863 g/mol. The van der Waals surface area contributed by atoms with Crippen molar-refractivity contribution >= 4 is 11.4 Å². The zero-order valence-corrected chi connectivity index (χ0v) is 37.3. The summed E-state index contributed by atoms with van der Waals surface area (Å²) in [5.74, 6) is 14.6. The van der Waals surface area contributed by atoms with Crippen LogP contribution in [0.5, 0.6) is 46.0 Å². The van der Waals surface area contributed by atoms with Gasteiger partial charge in [-0.3, -0.25) is 0 Å². The zero-order chi connectivity index (χ0) is 46.6. The molecular weight excluding hydrogens is 817 g/mol. The van der Waals surface area contributed by atoms with Crippen molar-refractivity contribution in [2.45, 2.75) is 50.4 Å². The molecule has 0 aliphatic heterocycles. The van der Waals surface area contributed by atoms with Crippen molar-refractivity contribution in [3.05, 3.63) is 155 Å². The van der Waals surface area contributed by atoms with Gasteiger partial charge in [0.05, 0.1) is 26.2 Å². The molecule has 2 aliphatic carbocycles. The molecule has 2 unspecified atom stereocenters. The number of hydrogen-bond acceptors (Lipinski definition) is 8. The van der Waals surface area contributed by atoms with Crippen LogP contribution in [0.2, 0.25) is 0 Å². The van der Waals surface area contributed by atoms with Crippen LogP contribution in [0.25, 0.3) is 0 Å². The largest absolute Gasteiger partial charge is 0.456 e. The number of terminal acetylenes is 4. The Balaban J connectivity index is 1.05. The number of ether oxygens (including phenoxy) is 4. The van der Waals surface area contributed by atoms with E-state index >= 15 is 0 Å². The van der Waals surface area contributed by atoms with E-state index in [0.29, 0.717) is 72.2 Å². The fourth-order valence-corrected chi connectivity index (χ4v) is 9.70. The summed E-state index contributed by atoms with van der Waals surface area (Å²) in [7, 11) is 0. The summed E-state index contributed by atoms with van der Waals surface area (Å²) in [6.07, 6.45) is 22.4. The molecule has 0 fully saturated rings. The highest BCUT2D eigenvalue weighted by Gasteiger charge is 2.58. The molecular formula is C58H46N4O4. The lowest BCUT2D eigenvalue weighted by atomic mass is 9.72. The van der Waals surface area contributed by atoms with E-state index in [2.05, 4.69) is 87.8 Å². The fourth-order valence-electron chi connectivity index (χ4n) is 9.70. The van der Waals surface area contributed by atoms with Gasteiger partial charge in [-0.05, 0) is 106 Å². The molecule has 0 saturated heterocycles. The maximum Gasteiger partial charge on any atom is 0.149 e. The van der Waals surface area contributed by atoms with Crippen LogP contribution in [-0.4, -0.2) is 26.2 Å². The molecule has 0 aromatic heterocycles. The van der Waals surface area contributed by atoms with E-state index in [-0.39, 0.29) is 33.8 Å². The van der Waals surface area contributed by atoms with Crippen LogP contribution in [0, 0.1) is 72.0 Å². The maximum atomic E-state index is 10.4. The smallest absolute Gasteiger partial charge is 0.149 e. The molecule has 8 rings (SSSR count). The topological polar surface area (TPSA) is 91.0 Å². The van der Waals surface area contributed by atoms with Crippen LogP contribution in [-0.2, 0) is 10.8 Å². The molecule has 6 aromatic rings. The van der Waals surface area contributed by atoms with Crippen LogP contribution in [0.4, 0.5) is 11.4 Å². The first-order valence-corrected chi connectivity index (χ1v) is 21.5. The molecule has 0 spiro atoms. The molecule has 322 valence electrons. The molecule has 6 aromatic carbocycles. The quantitative estimate of drug-likeness (QED) is 0.100. The highest BCUT2D eigenvalue weighted by Crippen LogP contribution is 2.67. The SMILES string of the molecule is C#CCN(CC#C)c1cccc(Oc2cccc(Oc3ccc4c(c3)C3C(c5cc(Oc6cccc(Oc7cccc(N(CC#C)CC#C)c7)c6C#N)ccc5C3(C)C)C4(C)C)c2C#N)c1. The second kappa shape index (κ2) is 18.2. The van der Waals surface area contributed by atoms with Gasteiger partial charge in [-0.15, -0.1) is 25.7 Å². The lowest BCUT2D eigenvalue weighted by molar-refractivity contribution is 0.348. The van der Waals surface area contributed by atoms with Gasteiger partial charge >= 0.3 is 0 Å². The van der Waals surface area contributed by atoms with E-state index < -0.39 is 0 Å². The Kier molecular flexibility index (Phi) is 12.1. The summed E-state index contributed by atoms with van der Waals surface area (Å²) in [5, 5.41) is 20.8. The molecule has 0 heterocycles. The minimum absolute atomic E-state index is 0.108. The fraction of sp³-hybridized carbons (Fsp3) is 0.207. The Morgan fingerprint density at radius 1 is 0.455 bits per heavy atom. The predicted octanol–water partition coefficient (Wildman–Crippen LogP) is 12.2. The molecule has 8 nitrogen and oxygen atoms in total. The Morgan fingerprint density at radius 2 is 0.773 bits per heavy atom. The molecule has 8 heteroatoms. The van der Waals surface area contributed by atoms with E-state index in [4.69, 9.17) is 44.6 Å². The summed E-state index contributed by atoms with van der Waals surface area (Å²) >= 11 is 0. The average Bonchev–Trinajstić information content (AvgIpc) is 3.70. The van der Waals surface area contributed by atoms with Gasteiger partial charge in [0.25, 0.3) is 0 Å². The van der Waals surface area contributed by atoms with Crippen LogP contribution < -0.4 is 28.7 Å². The van der Waals surface area contributed by atoms with E-state index in [1.807, 2.05) is 70.5 Å². The molecule has 2 aliphatic rings. The molecule has 66 heavy (non-hydrogen) atoms. The van der Waals surface area contributed by atoms with Gasteiger partial charge in [0.2, 0.25) is 0 Å². The molecule has 0 amide bonds. The standard InChI is InChI=1S/C58H46N4O4/c1-9-29-61(30-10-2)39-17-13-19-41(33-39)63-51-21-15-23-53(47(51)37-59)65-43-25-27-49-45(35-43)55-56(57(49,5)6)46-36-44(26-28-50(46)58(55,7)8)66-54-24-16-22-52(48(54)38-60)64-42-20-14-18-40(34-42)62(31-11-3)32-12-4/h1-4,13-28,33-36,55-56H,29-32H2,5-8H3. The minimum Gasteiger partial charge on any atom is -0.456 e. The normalized spacial score (nSPS) is 15.4. The van der Waals surface area contributed by atoms with Crippen molar-refractivity contribution in [3.8, 4) is 108 Å². The highest BCUT2D eigenvalue weighted by atomic mass is 16.5. The van der Waals surface area contributed by atoms with Gasteiger partial charge < -0.3 is 28.7 Å². The van der Waals surface area contributed by atoms with E-state index in [1.54, 1.807) is 36.4 Å². The first kappa shape index (κ1) is 44.0. The second-order valence-electron chi connectivity index (χ2n) is 17.3. The van der Waals surface area contributed by atoms with Crippen LogP contribution in [0.3, 0.4) is 0 Å². The Hall–Kier alpha value is -8.66. The first-order chi connectivity index (χ1) is 31.9.